The molecule has 128 valence electrons. The molecule has 0 bridgehead atoms. The number of carbonyl (C=O) groups is 2. The van der Waals surface area contributed by atoms with Crippen molar-refractivity contribution in [2.45, 2.75) is 70.8 Å². The van der Waals surface area contributed by atoms with E-state index in [0.29, 0.717) is 12.0 Å². The van der Waals surface area contributed by atoms with Crippen molar-refractivity contribution < 1.29 is 14.7 Å². The normalized spacial score (nSPS) is 11.9. The van der Waals surface area contributed by atoms with Crippen LogP contribution in [0, 0.1) is 0 Å². The van der Waals surface area contributed by atoms with Gasteiger partial charge in [-0.05, 0) is 18.6 Å². The number of unbranched alkanes of at least 4 members (excludes halogenated alkanes) is 7. The monoisotopic (exact) mass is 319 g/mol. The number of benzene rings is 1. The third-order valence-corrected chi connectivity index (χ3v) is 3.99. The van der Waals surface area contributed by atoms with E-state index in [-0.39, 0.29) is 5.91 Å². The van der Waals surface area contributed by atoms with E-state index in [1.807, 2.05) is 6.07 Å². The zero-order valence-electron chi connectivity index (χ0n) is 14.1. The van der Waals surface area contributed by atoms with Gasteiger partial charge in [0, 0.05) is 5.56 Å². The zero-order chi connectivity index (χ0) is 16.9. The van der Waals surface area contributed by atoms with Crippen molar-refractivity contribution in [3.05, 3.63) is 35.9 Å². The van der Waals surface area contributed by atoms with Crippen molar-refractivity contribution in [1.29, 1.82) is 0 Å². The summed E-state index contributed by atoms with van der Waals surface area (Å²) in [4.78, 5) is 23.3. The van der Waals surface area contributed by atoms with E-state index in [1.54, 1.807) is 24.3 Å². The summed E-state index contributed by atoms with van der Waals surface area (Å²) in [5.41, 5.74) is 0.495. The van der Waals surface area contributed by atoms with Crippen LogP contribution in [0.1, 0.15) is 75.1 Å². The Balaban J connectivity index is 2.25. The molecule has 0 radical (unpaired) electrons. The Kier molecular flexibility index (Phi) is 9.76. The SMILES string of the molecule is CCCCCCCCCCC(NC(=O)c1ccccc1)C(=O)O. The minimum absolute atomic E-state index is 0.322. The number of nitrogens with one attached hydrogen (secondary N) is 1. The summed E-state index contributed by atoms with van der Waals surface area (Å²) in [5, 5.41) is 11.9. The van der Waals surface area contributed by atoms with Gasteiger partial charge >= 0.3 is 5.97 Å². The number of carbonyl (C=O) groups excluding carboxylic acids is 1. The lowest BCUT2D eigenvalue weighted by atomic mass is 10.0. The molecule has 0 fully saturated rings. The second-order valence-electron chi connectivity index (χ2n) is 5.99. The first kappa shape index (κ1) is 19.2. The number of carboxylic acids is 1. The van der Waals surface area contributed by atoms with Gasteiger partial charge in [-0.25, -0.2) is 4.79 Å². The Morgan fingerprint density at radius 3 is 2.09 bits per heavy atom. The van der Waals surface area contributed by atoms with Crippen molar-refractivity contribution in [2.24, 2.45) is 0 Å². The third-order valence-electron chi connectivity index (χ3n) is 3.99. The van der Waals surface area contributed by atoms with E-state index < -0.39 is 12.0 Å². The average Bonchev–Trinajstić information content (AvgIpc) is 2.56. The van der Waals surface area contributed by atoms with Gasteiger partial charge in [-0.15, -0.1) is 0 Å². The zero-order valence-corrected chi connectivity index (χ0v) is 14.1. The van der Waals surface area contributed by atoms with Crippen molar-refractivity contribution in [3.63, 3.8) is 0 Å². The maximum Gasteiger partial charge on any atom is 0.326 e. The van der Waals surface area contributed by atoms with Crippen LogP contribution in [0.3, 0.4) is 0 Å². The van der Waals surface area contributed by atoms with Crippen LogP contribution in [0.25, 0.3) is 0 Å². The highest BCUT2D eigenvalue weighted by Crippen LogP contribution is 2.11. The van der Waals surface area contributed by atoms with Crippen molar-refractivity contribution in [3.8, 4) is 0 Å². The quantitative estimate of drug-likeness (QED) is 0.561. The Hall–Kier alpha value is -1.84. The van der Waals surface area contributed by atoms with E-state index >= 15 is 0 Å². The van der Waals surface area contributed by atoms with Crippen molar-refractivity contribution >= 4 is 11.9 Å². The fraction of sp³-hybridized carbons (Fsp3) is 0.579. The molecule has 4 heteroatoms. The minimum Gasteiger partial charge on any atom is -0.480 e. The standard InChI is InChI=1S/C19H29NO3/c1-2-3-4-5-6-7-8-12-15-17(19(22)23)20-18(21)16-13-10-9-11-14-16/h9-11,13-14,17H,2-8,12,15H2,1H3,(H,20,21)(H,22,23). The molecule has 1 unspecified atom stereocenters. The van der Waals surface area contributed by atoms with Crippen LogP contribution in [0.2, 0.25) is 0 Å². The predicted octanol–water partition coefficient (Wildman–Crippen LogP) is 4.40. The van der Waals surface area contributed by atoms with Gasteiger partial charge in [0.2, 0.25) is 0 Å². The highest BCUT2D eigenvalue weighted by molar-refractivity contribution is 5.96. The number of amides is 1. The van der Waals surface area contributed by atoms with Gasteiger partial charge in [0.1, 0.15) is 6.04 Å². The molecular weight excluding hydrogens is 290 g/mol. The first-order valence-electron chi connectivity index (χ1n) is 8.74. The molecule has 0 aliphatic heterocycles. The first-order chi connectivity index (χ1) is 11.1. The number of carboxylic acid groups (broad SMARTS) is 1. The average molecular weight is 319 g/mol. The van der Waals surface area contributed by atoms with Crippen molar-refractivity contribution in [1.82, 2.24) is 5.32 Å². The number of aliphatic carboxylic acids is 1. The minimum atomic E-state index is -0.961. The van der Waals surface area contributed by atoms with Crippen molar-refractivity contribution in [2.75, 3.05) is 0 Å². The van der Waals surface area contributed by atoms with E-state index in [9.17, 15) is 14.7 Å². The van der Waals surface area contributed by atoms with Gasteiger partial charge in [0.15, 0.2) is 0 Å². The lowest BCUT2D eigenvalue weighted by Gasteiger charge is -2.14. The topological polar surface area (TPSA) is 66.4 Å². The van der Waals surface area contributed by atoms with Crippen LogP contribution in [0.5, 0.6) is 0 Å². The first-order valence-corrected chi connectivity index (χ1v) is 8.74. The van der Waals surface area contributed by atoms with Gasteiger partial charge < -0.3 is 10.4 Å². The maximum atomic E-state index is 12.0. The summed E-state index contributed by atoms with van der Waals surface area (Å²) >= 11 is 0. The summed E-state index contributed by atoms with van der Waals surface area (Å²) in [6, 6.07) is 7.93. The largest absolute Gasteiger partial charge is 0.480 e. The van der Waals surface area contributed by atoms with Gasteiger partial charge in [-0.3, -0.25) is 4.79 Å². The molecule has 1 amide bonds. The molecule has 0 saturated carbocycles. The van der Waals surface area contributed by atoms with Gasteiger partial charge in [0.05, 0.1) is 0 Å². The van der Waals surface area contributed by atoms with Gasteiger partial charge in [0.25, 0.3) is 5.91 Å². The van der Waals surface area contributed by atoms with Crippen LogP contribution in [0.4, 0.5) is 0 Å². The summed E-state index contributed by atoms with van der Waals surface area (Å²) in [6.07, 6.45) is 9.81. The summed E-state index contributed by atoms with van der Waals surface area (Å²) in [5.74, 6) is -1.28. The molecule has 1 rings (SSSR count). The molecule has 1 aromatic carbocycles. The van der Waals surface area contributed by atoms with Gasteiger partial charge in [-0.2, -0.15) is 0 Å². The third kappa shape index (κ3) is 8.38. The molecule has 0 spiro atoms. The smallest absolute Gasteiger partial charge is 0.326 e. The molecular formula is C19H29NO3. The number of hydrogen-bond acceptors (Lipinski definition) is 2. The molecule has 0 saturated heterocycles. The Bertz CT molecular complexity index is 459. The van der Waals surface area contributed by atoms with E-state index in [4.69, 9.17) is 0 Å². The van der Waals surface area contributed by atoms with Crippen LogP contribution in [-0.4, -0.2) is 23.0 Å². The number of rotatable bonds is 12. The summed E-state index contributed by atoms with van der Waals surface area (Å²) in [7, 11) is 0. The fourth-order valence-electron chi connectivity index (χ4n) is 2.57. The lowest BCUT2D eigenvalue weighted by molar-refractivity contribution is -0.139. The van der Waals surface area contributed by atoms with E-state index in [2.05, 4.69) is 12.2 Å². The second-order valence-corrected chi connectivity index (χ2v) is 5.99. The second kappa shape index (κ2) is 11.7. The highest BCUT2D eigenvalue weighted by Gasteiger charge is 2.19. The molecule has 23 heavy (non-hydrogen) atoms. The Morgan fingerprint density at radius 1 is 0.957 bits per heavy atom. The molecule has 0 aliphatic rings. The van der Waals surface area contributed by atoms with Crippen LogP contribution in [0.15, 0.2) is 30.3 Å². The number of hydrogen-bond donors (Lipinski definition) is 2. The molecule has 0 aliphatic carbocycles. The maximum absolute atomic E-state index is 12.0. The molecule has 1 aromatic rings. The molecule has 0 heterocycles. The van der Waals surface area contributed by atoms with E-state index in [0.717, 1.165) is 19.3 Å². The fourth-order valence-corrected chi connectivity index (χ4v) is 2.57. The Morgan fingerprint density at radius 2 is 1.52 bits per heavy atom. The highest BCUT2D eigenvalue weighted by atomic mass is 16.4. The van der Waals surface area contributed by atoms with Crippen LogP contribution >= 0.6 is 0 Å². The van der Waals surface area contributed by atoms with Crippen LogP contribution < -0.4 is 5.32 Å². The lowest BCUT2D eigenvalue weighted by Crippen LogP contribution is -2.40. The Labute approximate surface area is 139 Å². The summed E-state index contributed by atoms with van der Waals surface area (Å²) in [6.45, 7) is 2.20. The van der Waals surface area contributed by atoms with E-state index in [1.165, 1.54) is 32.1 Å². The molecule has 4 nitrogen and oxygen atoms in total. The molecule has 2 N–H and O–H groups in total. The van der Waals surface area contributed by atoms with Gasteiger partial charge in [-0.1, -0.05) is 76.5 Å². The predicted molar refractivity (Wildman–Crippen MR) is 92.6 cm³/mol. The van der Waals surface area contributed by atoms with Crippen LogP contribution in [-0.2, 0) is 4.79 Å². The summed E-state index contributed by atoms with van der Waals surface area (Å²) < 4.78 is 0. The molecule has 0 aromatic heterocycles. The molecule has 1 atom stereocenters.